The van der Waals surface area contributed by atoms with Crippen LogP contribution in [-0.2, 0) is 16.0 Å². The largest absolute Gasteiger partial charge is 0.479 e. The number of hydrogen-bond donors (Lipinski definition) is 3. The Morgan fingerprint density at radius 3 is 2.53 bits per heavy atom. The van der Waals surface area contributed by atoms with Crippen molar-refractivity contribution in [3.05, 3.63) is 29.8 Å². The Balaban J connectivity index is 2.64. The van der Waals surface area contributed by atoms with Gasteiger partial charge in [0.1, 0.15) is 0 Å². The molecule has 5 nitrogen and oxygen atoms in total. The molecule has 0 spiro atoms. The highest BCUT2D eigenvalue weighted by Gasteiger charge is 2.09. The Kier molecular flexibility index (Phi) is 3.82. The first-order valence-electron chi connectivity index (χ1n) is 4.32. The highest BCUT2D eigenvalue weighted by molar-refractivity contribution is 5.76. The fraction of sp³-hybridized carbons (Fsp3) is 0.200. The Morgan fingerprint density at radius 1 is 1.47 bits per heavy atom. The van der Waals surface area contributed by atoms with Crippen LogP contribution in [0.4, 0.5) is 5.69 Å². The molecule has 1 unspecified atom stereocenters. The summed E-state index contributed by atoms with van der Waals surface area (Å²) in [5, 5.41) is 11.1. The van der Waals surface area contributed by atoms with Crippen molar-refractivity contribution in [2.24, 2.45) is 5.73 Å². The van der Waals surface area contributed by atoms with Crippen LogP contribution >= 0.6 is 0 Å². The SMILES string of the molecule is NC(Nc1ccc(C[C]=O)cc1)C(=O)O. The van der Waals surface area contributed by atoms with E-state index in [-0.39, 0.29) is 6.42 Å². The number of rotatable bonds is 5. The van der Waals surface area contributed by atoms with Gasteiger partial charge in [0.05, 0.1) is 0 Å². The van der Waals surface area contributed by atoms with Gasteiger partial charge < -0.3 is 16.2 Å². The maximum absolute atomic E-state index is 10.4. The van der Waals surface area contributed by atoms with Crippen LogP contribution in [0.3, 0.4) is 0 Å². The zero-order chi connectivity index (χ0) is 11.3. The minimum absolute atomic E-state index is 0.227. The van der Waals surface area contributed by atoms with E-state index in [9.17, 15) is 9.59 Å². The molecule has 79 valence electrons. The smallest absolute Gasteiger partial charge is 0.341 e. The summed E-state index contributed by atoms with van der Waals surface area (Å²) < 4.78 is 0. The molecule has 1 rings (SSSR count). The van der Waals surface area contributed by atoms with E-state index in [2.05, 4.69) is 5.32 Å². The molecule has 0 aliphatic heterocycles. The first-order chi connectivity index (χ1) is 7.13. The van der Waals surface area contributed by atoms with Crippen LogP contribution in [-0.4, -0.2) is 23.5 Å². The number of carbonyl (C=O) groups is 1. The van der Waals surface area contributed by atoms with E-state index >= 15 is 0 Å². The number of anilines is 1. The van der Waals surface area contributed by atoms with Crippen molar-refractivity contribution in [2.45, 2.75) is 12.6 Å². The molecule has 0 aliphatic rings. The van der Waals surface area contributed by atoms with Crippen LogP contribution in [0.5, 0.6) is 0 Å². The first-order valence-corrected chi connectivity index (χ1v) is 4.32. The molecule has 1 radical (unpaired) electrons. The lowest BCUT2D eigenvalue weighted by Crippen LogP contribution is -2.37. The van der Waals surface area contributed by atoms with E-state index in [1.54, 1.807) is 30.6 Å². The molecule has 0 saturated heterocycles. The van der Waals surface area contributed by atoms with Gasteiger partial charge in [-0.1, -0.05) is 12.1 Å². The number of benzene rings is 1. The van der Waals surface area contributed by atoms with Crippen molar-refractivity contribution in [1.82, 2.24) is 0 Å². The van der Waals surface area contributed by atoms with Gasteiger partial charge in [-0.2, -0.15) is 0 Å². The number of carboxylic acid groups (broad SMARTS) is 1. The van der Waals surface area contributed by atoms with E-state index in [1.807, 2.05) is 0 Å². The number of aliphatic carboxylic acids is 1. The second-order valence-electron chi connectivity index (χ2n) is 2.98. The molecular formula is C10H11N2O3. The predicted molar refractivity (Wildman–Crippen MR) is 55.1 cm³/mol. The Labute approximate surface area is 86.9 Å². The third-order valence-electron chi connectivity index (χ3n) is 1.82. The third kappa shape index (κ3) is 3.40. The van der Waals surface area contributed by atoms with Crippen molar-refractivity contribution in [2.75, 3.05) is 5.32 Å². The average molecular weight is 207 g/mol. The Bertz CT molecular complexity index is 348. The second-order valence-corrected chi connectivity index (χ2v) is 2.98. The third-order valence-corrected chi connectivity index (χ3v) is 1.82. The van der Waals surface area contributed by atoms with E-state index in [0.29, 0.717) is 5.69 Å². The topological polar surface area (TPSA) is 92.4 Å². The highest BCUT2D eigenvalue weighted by Crippen LogP contribution is 2.09. The van der Waals surface area contributed by atoms with Crippen LogP contribution in [0.15, 0.2) is 24.3 Å². The van der Waals surface area contributed by atoms with Crippen LogP contribution in [0.25, 0.3) is 0 Å². The van der Waals surface area contributed by atoms with E-state index < -0.39 is 12.1 Å². The van der Waals surface area contributed by atoms with Gasteiger partial charge in [0.2, 0.25) is 6.29 Å². The lowest BCUT2D eigenvalue weighted by Gasteiger charge is -2.10. The molecule has 0 heterocycles. The van der Waals surface area contributed by atoms with Crippen molar-refractivity contribution in [3.63, 3.8) is 0 Å². The van der Waals surface area contributed by atoms with Gasteiger partial charge in [0.25, 0.3) is 0 Å². The molecule has 0 bridgehead atoms. The molecule has 5 heteroatoms. The number of nitrogens with one attached hydrogen (secondary N) is 1. The van der Waals surface area contributed by atoms with Crippen LogP contribution in [0, 0.1) is 0 Å². The fourth-order valence-electron chi connectivity index (χ4n) is 1.04. The zero-order valence-corrected chi connectivity index (χ0v) is 7.93. The average Bonchev–Trinajstić information content (AvgIpc) is 2.21. The summed E-state index contributed by atoms with van der Waals surface area (Å²) in [6.45, 7) is 0. The molecule has 1 atom stereocenters. The summed E-state index contributed by atoms with van der Waals surface area (Å²) in [6, 6.07) is 6.74. The van der Waals surface area contributed by atoms with E-state index in [1.165, 1.54) is 0 Å². The van der Waals surface area contributed by atoms with Gasteiger partial charge in [-0.25, -0.2) is 4.79 Å². The molecule has 4 N–H and O–H groups in total. The lowest BCUT2D eigenvalue weighted by molar-refractivity contribution is -0.137. The second kappa shape index (κ2) is 5.11. The summed E-state index contributed by atoms with van der Waals surface area (Å²) in [5.41, 5.74) is 6.69. The molecule has 0 amide bonds. The predicted octanol–water partition coefficient (Wildman–Crippen LogP) is 0.120. The minimum Gasteiger partial charge on any atom is -0.479 e. The van der Waals surface area contributed by atoms with Gasteiger partial charge in [0.15, 0.2) is 6.17 Å². The van der Waals surface area contributed by atoms with Crippen molar-refractivity contribution >= 4 is 17.9 Å². The van der Waals surface area contributed by atoms with E-state index in [0.717, 1.165) is 5.56 Å². The molecule has 0 aliphatic carbocycles. The van der Waals surface area contributed by atoms with Gasteiger partial charge in [-0.05, 0) is 17.7 Å². The number of hydrogen-bond acceptors (Lipinski definition) is 4. The summed E-state index contributed by atoms with van der Waals surface area (Å²) in [4.78, 5) is 20.5. The fourth-order valence-corrected chi connectivity index (χ4v) is 1.04. The number of carbonyl (C=O) groups excluding carboxylic acids is 1. The molecule has 0 aromatic heterocycles. The summed E-state index contributed by atoms with van der Waals surface area (Å²) in [5.74, 6) is -1.12. The molecule has 0 fully saturated rings. The van der Waals surface area contributed by atoms with Gasteiger partial charge >= 0.3 is 5.97 Å². The van der Waals surface area contributed by atoms with Crippen molar-refractivity contribution in [3.8, 4) is 0 Å². The molecular weight excluding hydrogens is 196 g/mol. The highest BCUT2D eigenvalue weighted by atomic mass is 16.4. The van der Waals surface area contributed by atoms with Gasteiger partial charge in [-0.3, -0.25) is 4.79 Å². The Morgan fingerprint density at radius 2 is 2.07 bits per heavy atom. The summed E-state index contributed by atoms with van der Waals surface area (Å²) >= 11 is 0. The molecule has 1 aromatic rings. The van der Waals surface area contributed by atoms with Crippen molar-refractivity contribution < 1.29 is 14.7 Å². The van der Waals surface area contributed by atoms with Gasteiger partial charge in [-0.15, -0.1) is 0 Å². The minimum atomic E-state index is -1.13. The number of nitrogens with two attached hydrogens (primary N) is 1. The normalized spacial score (nSPS) is 11.8. The van der Waals surface area contributed by atoms with Crippen LogP contribution < -0.4 is 11.1 Å². The zero-order valence-electron chi connectivity index (χ0n) is 7.93. The molecule has 1 aromatic carbocycles. The summed E-state index contributed by atoms with van der Waals surface area (Å²) in [7, 11) is 0. The van der Waals surface area contributed by atoms with E-state index in [4.69, 9.17) is 10.8 Å². The number of carboxylic acids is 1. The Hall–Kier alpha value is -1.88. The van der Waals surface area contributed by atoms with Crippen LogP contribution in [0.2, 0.25) is 0 Å². The first kappa shape index (κ1) is 11.2. The monoisotopic (exact) mass is 207 g/mol. The maximum Gasteiger partial charge on any atom is 0.341 e. The quantitative estimate of drug-likeness (QED) is 0.596. The van der Waals surface area contributed by atoms with Crippen LogP contribution in [0.1, 0.15) is 5.56 Å². The standard InChI is InChI=1S/C10H11N2O3/c11-9(10(14)15)12-8-3-1-7(2-4-8)5-6-13/h1-4,9,12H,5,11H2,(H,14,15). The van der Waals surface area contributed by atoms with Crippen molar-refractivity contribution in [1.29, 1.82) is 0 Å². The summed E-state index contributed by atoms with van der Waals surface area (Å²) in [6.07, 6.45) is 0.870. The molecule has 0 saturated carbocycles. The van der Waals surface area contributed by atoms with Gasteiger partial charge in [0, 0.05) is 12.1 Å². The molecule has 15 heavy (non-hydrogen) atoms. The maximum atomic E-state index is 10.4. The lowest BCUT2D eigenvalue weighted by atomic mass is 10.1.